The zero-order valence-electron chi connectivity index (χ0n) is 11.2. The van der Waals surface area contributed by atoms with Crippen LogP contribution in [0.3, 0.4) is 0 Å². The molecule has 1 fully saturated rings. The molecule has 2 rings (SSSR count). The van der Waals surface area contributed by atoms with Gasteiger partial charge in [-0.3, -0.25) is 0 Å². The molecular formula is C15H24N2. The van der Waals surface area contributed by atoms with E-state index in [2.05, 4.69) is 49.9 Å². The lowest BCUT2D eigenvalue weighted by atomic mass is 9.94. The van der Waals surface area contributed by atoms with E-state index in [9.17, 15) is 0 Å². The molecule has 0 spiro atoms. The Bertz CT molecular complexity index is 384. The third-order valence-electron chi connectivity index (χ3n) is 3.94. The lowest BCUT2D eigenvalue weighted by Gasteiger charge is -2.34. The van der Waals surface area contributed by atoms with Crippen LogP contribution in [0.15, 0.2) is 24.3 Å². The molecule has 2 heteroatoms. The van der Waals surface area contributed by atoms with Crippen LogP contribution >= 0.6 is 0 Å². The molecule has 0 aliphatic carbocycles. The van der Waals surface area contributed by atoms with Gasteiger partial charge in [-0.25, -0.2) is 0 Å². The number of rotatable bonds is 3. The molecule has 0 radical (unpaired) electrons. The Kier molecular flexibility index (Phi) is 3.43. The molecule has 1 saturated heterocycles. The molecule has 94 valence electrons. The van der Waals surface area contributed by atoms with Crippen molar-refractivity contribution in [3.8, 4) is 0 Å². The molecule has 1 aliphatic rings. The Balaban J connectivity index is 2.24. The lowest BCUT2D eigenvalue weighted by molar-refractivity contribution is 0.458. The normalized spacial score (nSPS) is 23.1. The van der Waals surface area contributed by atoms with Gasteiger partial charge in [0.05, 0.1) is 0 Å². The summed E-state index contributed by atoms with van der Waals surface area (Å²) in [5.41, 5.74) is 8.70. The maximum atomic E-state index is 5.69. The van der Waals surface area contributed by atoms with E-state index in [0.717, 1.165) is 25.4 Å². The molecule has 0 amide bonds. The summed E-state index contributed by atoms with van der Waals surface area (Å²) >= 11 is 0. The topological polar surface area (TPSA) is 29.3 Å². The van der Waals surface area contributed by atoms with E-state index in [1.165, 1.54) is 17.7 Å². The largest absolute Gasteiger partial charge is 0.366 e. The van der Waals surface area contributed by atoms with Crippen molar-refractivity contribution in [2.24, 2.45) is 11.7 Å². The smallest absolute Gasteiger partial charge is 0.0400 e. The lowest BCUT2D eigenvalue weighted by Crippen LogP contribution is -2.38. The van der Waals surface area contributed by atoms with Gasteiger partial charge >= 0.3 is 0 Å². The summed E-state index contributed by atoms with van der Waals surface area (Å²) in [6.45, 7) is 8.84. The Morgan fingerprint density at radius 1 is 1.35 bits per heavy atom. The van der Waals surface area contributed by atoms with Crippen molar-refractivity contribution in [1.82, 2.24) is 0 Å². The van der Waals surface area contributed by atoms with Gasteiger partial charge in [-0.05, 0) is 57.7 Å². The van der Waals surface area contributed by atoms with E-state index < -0.39 is 0 Å². The van der Waals surface area contributed by atoms with Gasteiger partial charge in [0.25, 0.3) is 0 Å². The maximum Gasteiger partial charge on any atom is 0.0400 e. The van der Waals surface area contributed by atoms with E-state index in [1.807, 2.05) is 0 Å². The molecule has 17 heavy (non-hydrogen) atoms. The summed E-state index contributed by atoms with van der Waals surface area (Å²) in [4.78, 5) is 2.56. The zero-order chi connectivity index (χ0) is 12.5. The first kappa shape index (κ1) is 12.4. The molecule has 2 nitrogen and oxygen atoms in total. The minimum Gasteiger partial charge on any atom is -0.366 e. The van der Waals surface area contributed by atoms with Gasteiger partial charge < -0.3 is 10.6 Å². The fraction of sp³-hybridized carbons (Fsp3) is 0.600. The van der Waals surface area contributed by atoms with Crippen molar-refractivity contribution in [3.63, 3.8) is 0 Å². The summed E-state index contributed by atoms with van der Waals surface area (Å²) in [5, 5.41) is 0. The number of hydrogen-bond acceptors (Lipinski definition) is 2. The van der Waals surface area contributed by atoms with E-state index in [4.69, 9.17) is 5.73 Å². The van der Waals surface area contributed by atoms with Gasteiger partial charge in [-0.2, -0.15) is 0 Å². The minimum atomic E-state index is 0.256. The predicted molar refractivity (Wildman–Crippen MR) is 74.4 cm³/mol. The Hall–Kier alpha value is -1.02. The second kappa shape index (κ2) is 4.69. The number of nitrogens with zero attached hydrogens (tertiary/aromatic N) is 1. The summed E-state index contributed by atoms with van der Waals surface area (Å²) in [7, 11) is 0. The van der Waals surface area contributed by atoms with E-state index in [0.29, 0.717) is 0 Å². The van der Waals surface area contributed by atoms with Crippen LogP contribution in [0.5, 0.6) is 0 Å². The van der Waals surface area contributed by atoms with Crippen molar-refractivity contribution in [2.75, 3.05) is 18.0 Å². The highest BCUT2D eigenvalue weighted by molar-refractivity contribution is 5.56. The fourth-order valence-corrected chi connectivity index (χ4v) is 3.11. The van der Waals surface area contributed by atoms with E-state index in [-0.39, 0.29) is 5.54 Å². The molecule has 0 saturated carbocycles. The van der Waals surface area contributed by atoms with Gasteiger partial charge in [0, 0.05) is 17.8 Å². The Morgan fingerprint density at radius 2 is 2.06 bits per heavy atom. The molecule has 1 aromatic carbocycles. The monoisotopic (exact) mass is 232 g/mol. The molecule has 0 bridgehead atoms. The van der Waals surface area contributed by atoms with Crippen LogP contribution in [0, 0.1) is 12.8 Å². The van der Waals surface area contributed by atoms with Crippen LogP contribution in [0.25, 0.3) is 0 Å². The average Bonchev–Trinajstić information content (AvgIpc) is 2.55. The molecule has 1 aliphatic heterocycles. The predicted octanol–water partition coefficient (Wildman–Crippen LogP) is 2.95. The fourth-order valence-electron chi connectivity index (χ4n) is 3.11. The van der Waals surface area contributed by atoms with E-state index >= 15 is 0 Å². The minimum absolute atomic E-state index is 0.256. The highest BCUT2D eigenvalue weighted by Gasteiger charge is 2.38. The van der Waals surface area contributed by atoms with Crippen molar-refractivity contribution in [3.05, 3.63) is 29.8 Å². The number of hydrogen-bond donors (Lipinski definition) is 1. The highest BCUT2D eigenvalue weighted by Crippen LogP contribution is 2.38. The number of aryl methyl sites for hydroxylation is 1. The molecular weight excluding hydrogens is 208 g/mol. The summed E-state index contributed by atoms with van der Waals surface area (Å²) in [6, 6.07) is 8.68. The second-order valence-corrected chi connectivity index (χ2v) is 5.86. The number of anilines is 1. The first-order valence-corrected chi connectivity index (χ1v) is 6.58. The van der Waals surface area contributed by atoms with Gasteiger partial charge in [0.2, 0.25) is 0 Å². The first-order chi connectivity index (χ1) is 8.04. The summed E-state index contributed by atoms with van der Waals surface area (Å²) in [5.74, 6) is 0.745. The highest BCUT2D eigenvalue weighted by atomic mass is 15.2. The van der Waals surface area contributed by atoms with E-state index in [1.54, 1.807) is 0 Å². The maximum absolute atomic E-state index is 5.69. The van der Waals surface area contributed by atoms with Crippen molar-refractivity contribution in [1.29, 1.82) is 0 Å². The standard InChI is InChI=1S/C15H24N2/c1-12-6-4-5-7-14(12)17-11-13(8-9-16)10-15(17,2)3/h4-7,13H,8-11,16H2,1-3H3. The van der Waals surface area contributed by atoms with Crippen molar-refractivity contribution in [2.45, 2.75) is 39.2 Å². The molecule has 1 unspecified atom stereocenters. The van der Waals surface area contributed by atoms with Gasteiger partial charge in [0.1, 0.15) is 0 Å². The SMILES string of the molecule is Cc1ccccc1N1CC(CCN)CC1(C)C. The molecule has 1 aromatic rings. The van der Waals surface area contributed by atoms with Crippen LogP contribution in [0.2, 0.25) is 0 Å². The number of para-hydroxylation sites is 1. The van der Waals surface area contributed by atoms with Crippen LogP contribution in [0.1, 0.15) is 32.3 Å². The second-order valence-electron chi connectivity index (χ2n) is 5.86. The number of nitrogens with two attached hydrogens (primary N) is 1. The Labute approximate surface area is 105 Å². The van der Waals surface area contributed by atoms with Crippen LogP contribution in [-0.2, 0) is 0 Å². The van der Waals surface area contributed by atoms with Gasteiger partial charge in [0.15, 0.2) is 0 Å². The third-order valence-corrected chi connectivity index (χ3v) is 3.94. The third kappa shape index (κ3) is 2.47. The first-order valence-electron chi connectivity index (χ1n) is 6.58. The van der Waals surface area contributed by atoms with Crippen molar-refractivity contribution >= 4 is 5.69 Å². The van der Waals surface area contributed by atoms with Crippen LogP contribution < -0.4 is 10.6 Å². The van der Waals surface area contributed by atoms with Crippen LogP contribution in [-0.4, -0.2) is 18.6 Å². The molecule has 1 atom stereocenters. The molecule has 2 N–H and O–H groups in total. The zero-order valence-corrected chi connectivity index (χ0v) is 11.2. The summed E-state index contributed by atoms with van der Waals surface area (Å²) in [6.07, 6.45) is 2.39. The Morgan fingerprint density at radius 3 is 2.71 bits per heavy atom. The van der Waals surface area contributed by atoms with Gasteiger partial charge in [-0.1, -0.05) is 18.2 Å². The van der Waals surface area contributed by atoms with Crippen molar-refractivity contribution < 1.29 is 0 Å². The average molecular weight is 232 g/mol. The molecule has 1 heterocycles. The molecule has 0 aromatic heterocycles. The van der Waals surface area contributed by atoms with Gasteiger partial charge in [-0.15, -0.1) is 0 Å². The summed E-state index contributed by atoms with van der Waals surface area (Å²) < 4.78 is 0. The quantitative estimate of drug-likeness (QED) is 0.868. The van der Waals surface area contributed by atoms with Crippen LogP contribution in [0.4, 0.5) is 5.69 Å². The number of benzene rings is 1.